The van der Waals surface area contributed by atoms with E-state index in [1.54, 1.807) is 0 Å². The Labute approximate surface area is 160 Å². The van der Waals surface area contributed by atoms with E-state index in [0.29, 0.717) is 6.42 Å². The van der Waals surface area contributed by atoms with Gasteiger partial charge in [0.15, 0.2) is 0 Å². The third-order valence-electron chi connectivity index (χ3n) is 3.84. The maximum absolute atomic E-state index is 12.5. The van der Waals surface area contributed by atoms with E-state index in [4.69, 9.17) is 4.74 Å². The number of carbonyl (C=O) groups excluding carboxylic acids is 3. The van der Waals surface area contributed by atoms with Crippen molar-refractivity contribution in [3.63, 3.8) is 0 Å². The molecule has 0 bridgehead atoms. The number of carbonyl (C=O) groups is 3. The molecule has 0 aliphatic rings. The zero-order valence-corrected chi connectivity index (χ0v) is 16.4. The summed E-state index contributed by atoms with van der Waals surface area (Å²) in [5.74, 6) is -1.72. The zero-order valence-electron chi connectivity index (χ0n) is 16.4. The van der Waals surface area contributed by atoms with Crippen LogP contribution in [-0.4, -0.2) is 30.1 Å². The highest BCUT2D eigenvalue weighted by molar-refractivity contribution is 5.88. The Morgan fingerprint density at radius 2 is 1.48 bits per heavy atom. The van der Waals surface area contributed by atoms with Crippen molar-refractivity contribution in [2.45, 2.75) is 59.2 Å². The lowest BCUT2D eigenvalue weighted by Crippen LogP contribution is -2.55. The van der Waals surface area contributed by atoms with E-state index in [1.165, 1.54) is 0 Å². The van der Waals surface area contributed by atoms with Gasteiger partial charge >= 0.3 is 6.09 Å². The van der Waals surface area contributed by atoms with Crippen molar-refractivity contribution < 1.29 is 24.2 Å². The number of benzene rings is 1. The zero-order chi connectivity index (χ0) is 20.4. The first-order valence-corrected chi connectivity index (χ1v) is 9.17. The Hall–Kier alpha value is -2.57. The number of nitrogens with one attached hydrogen (secondary N) is 2. The SMILES string of the molecule is CC(C)C[C@@H](NC(=O)[C@@H](CC(C)C)NC(=O)OCc1ccccc1)C(=O)[O-]. The molecule has 2 N–H and O–H groups in total. The summed E-state index contributed by atoms with van der Waals surface area (Å²) in [4.78, 5) is 35.8. The topological polar surface area (TPSA) is 108 Å². The lowest BCUT2D eigenvalue weighted by atomic mass is 10.0. The van der Waals surface area contributed by atoms with Gasteiger partial charge in [0, 0.05) is 0 Å². The molecule has 0 saturated carbocycles. The van der Waals surface area contributed by atoms with E-state index >= 15 is 0 Å². The summed E-state index contributed by atoms with van der Waals surface area (Å²) in [7, 11) is 0. The first-order chi connectivity index (χ1) is 12.7. The molecule has 1 rings (SSSR count). The van der Waals surface area contributed by atoms with Gasteiger partial charge in [0.1, 0.15) is 12.6 Å². The van der Waals surface area contributed by atoms with E-state index in [9.17, 15) is 19.5 Å². The number of ether oxygens (including phenoxy) is 1. The minimum Gasteiger partial charge on any atom is -0.548 e. The predicted octanol–water partition coefficient (Wildman–Crippen LogP) is 1.61. The molecule has 0 aromatic heterocycles. The fourth-order valence-corrected chi connectivity index (χ4v) is 2.57. The second-order valence-corrected chi connectivity index (χ2v) is 7.40. The number of hydrogen-bond acceptors (Lipinski definition) is 5. The number of amides is 2. The second kappa shape index (κ2) is 11.2. The van der Waals surface area contributed by atoms with Crippen LogP contribution in [0.3, 0.4) is 0 Å². The van der Waals surface area contributed by atoms with E-state index in [-0.39, 0.29) is 24.9 Å². The molecule has 0 radical (unpaired) electrons. The molecule has 0 aliphatic carbocycles. The molecule has 1 aromatic rings. The van der Waals surface area contributed by atoms with Gasteiger partial charge in [-0.25, -0.2) is 4.79 Å². The minimum absolute atomic E-state index is 0.0699. The fraction of sp³-hybridized carbons (Fsp3) is 0.550. The van der Waals surface area contributed by atoms with Crippen molar-refractivity contribution in [2.75, 3.05) is 0 Å². The Kier molecular flexibility index (Phi) is 9.33. The van der Waals surface area contributed by atoms with Gasteiger partial charge in [0.2, 0.25) is 5.91 Å². The van der Waals surface area contributed by atoms with Gasteiger partial charge in [0.25, 0.3) is 0 Å². The van der Waals surface area contributed by atoms with Crippen molar-refractivity contribution in [3.8, 4) is 0 Å². The van der Waals surface area contributed by atoms with Crippen molar-refractivity contribution in [1.82, 2.24) is 10.6 Å². The Balaban J connectivity index is 2.68. The largest absolute Gasteiger partial charge is 0.548 e. The van der Waals surface area contributed by atoms with Crippen LogP contribution in [0.25, 0.3) is 0 Å². The van der Waals surface area contributed by atoms with Crippen LogP contribution in [0.5, 0.6) is 0 Å². The molecule has 2 atom stereocenters. The molecule has 7 nitrogen and oxygen atoms in total. The monoisotopic (exact) mass is 377 g/mol. The molecule has 7 heteroatoms. The third-order valence-corrected chi connectivity index (χ3v) is 3.84. The Bertz CT molecular complexity index is 616. The molecular formula is C20H29N2O5-. The van der Waals surface area contributed by atoms with Gasteiger partial charge in [-0.05, 0) is 30.2 Å². The van der Waals surface area contributed by atoms with Gasteiger partial charge in [-0.15, -0.1) is 0 Å². The minimum atomic E-state index is -1.34. The molecule has 0 spiro atoms. The smallest absolute Gasteiger partial charge is 0.408 e. The van der Waals surface area contributed by atoms with Crippen LogP contribution >= 0.6 is 0 Å². The fourth-order valence-electron chi connectivity index (χ4n) is 2.57. The van der Waals surface area contributed by atoms with Crippen LogP contribution in [0.1, 0.15) is 46.1 Å². The summed E-state index contributed by atoms with van der Waals surface area (Å²) in [6, 6.07) is 7.18. The highest BCUT2D eigenvalue weighted by atomic mass is 16.5. The first-order valence-electron chi connectivity index (χ1n) is 9.17. The molecule has 150 valence electrons. The van der Waals surface area contributed by atoms with Crippen LogP contribution in [0.15, 0.2) is 30.3 Å². The molecule has 0 heterocycles. The summed E-state index contributed by atoms with van der Waals surface area (Å²) in [6.45, 7) is 7.60. The average Bonchev–Trinajstić information content (AvgIpc) is 2.58. The first kappa shape index (κ1) is 22.5. The van der Waals surface area contributed by atoms with Gasteiger partial charge in [-0.1, -0.05) is 58.0 Å². The molecule has 27 heavy (non-hydrogen) atoms. The number of alkyl carbamates (subject to hydrolysis) is 1. The van der Waals surface area contributed by atoms with E-state index in [2.05, 4.69) is 10.6 Å². The van der Waals surface area contributed by atoms with Gasteiger partial charge in [-0.3, -0.25) is 4.79 Å². The van der Waals surface area contributed by atoms with Gasteiger partial charge in [0.05, 0.1) is 12.0 Å². The number of rotatable bonds is 10. The maximum Gasteiger partial charge on any atom is 0.408 e. The third kappa shape index (κ3) is 9.08. The van der Waals surface area contributed by atoms with Crippen LogP contribution in [0.4, 0.5) is 4.79 Å². The lowest BCUT2D eigenvalue weighted by Gasteiger charge is -2.25. The number of carboxylic acids is 1. The normalized spacial score (nSPS) is 13.1. The molecule has 1 aromatic carbocycles. The van der Waals surface area contributed by atoms with E-state index in [1.807, 2.05) is 58.0 Å². The molecule has 0 unspecified atom stereocenters. The van der Waals surface area contributed by atoms with Crippen LogP contribution < -0.4 is 15.7 Å². The molecule has 0 fully saturated rings. The summed E-state index contributed by atoms with van der Waals surface area (Å²) < 4.78 is 5.15. The van der Waals surface area contributed by atoms with E-state index in [0.717, 1.165) is 5.56 Å². The number of aliphatic carboxylic acids is 1. The highest BCUT2D eigenvalue weighted by Gasteiger charge is 2.25. The van der Waals surface area contributed by atoms with Crippen molar-refractivity contribution in [2.24, 2.45) is 11.8 Å². The Morgan fingerprint density at radius 3 is 2.00 bits per heavy atom. The quantitative estimate of drug-likeness (QED) is 0.644. The van der Waals surface area contributed by atoms with Crippen LogP contribution in [-0.2, 0) is 20.9 Å². The highest BCUT2D eigenvalue weighted by Crippen LogP contribution is 2.09. The predicted molar refractivity (Wildman–Crippen MR) is 99.4 cm³/mol. The molecular weight excluding hydrogens is 348 g/mol. The van der Waals surface area contributed by atoms with Gasteiger partial charge < -0.3 is 25.3 Å². The number of hydrogen-bond donors (Lipinski definition) is 2. The van der Waals surface area contributed by atoms with Gasteiger partial charge in [-0.2, -0.15) is 0 Å². The Morgan fingerprint density at radius 1 is 0.926 bits per heavy atom. The summed E-state index contributed by atoms with van der Waals surface area (Å²) in [5.41, 5.74) is 0.825. The molecule has 0 aliphatic heterocycles. The van der Waals surface area contributed by atoms with Crippen molar-refractivity contribution in [3.05, 3.63) is 35.9 Å². The summed E-state index contributed by atoms with van der Waals surface area (Å²) >= 11 is 0. The van der Waals surface area contributed by atoms with Crippen molar-refractivity contribution >= 4 is 18.0 Å². The number of carboxylic acid groups (broad SMARTS) is 1. The summed E-state index contributed by atoms with van der Waals surface area (Å²) in [5, 5.41) is 16.2. The second-order valence-electron chi connectivity index (χ2n) is 7.40. The maximum atomic E-state index is 12.5. The van der Waals surface area contributed by atoms with Crippen LogP contribution in [0, 0.1) is 11.8 Å². The van der Waals surface area contributed by atoms with E-state index < -0.39 is 30.1 Å². The summed E-state index contributed by atoms with van der Waals surface area (Å²) in [6.07, 6.45) is -0.122. The lowest BCUT2D eigenvalue weighted by molar-refractivity contribution is -0.308. The molecule has 2 amide bonds. The standard InChI is InChI=1S/C20H30N2O5/c1-13(2)10-16(18(23)21-17(19(24)25)11-14(3)4)22-20(26)27-12-15-8-6-5-7-9-15/h5-9,13-14,16-17H,10-12H2,1-4H3,(H,21,23)(H,22,26)(H,24,25)/p-1/t16-,17-/m1/s1. The average molecular weight is 377 g/mol. The van der Waals surface area contributed by atoms with Crippen LogP contribution in [0.2, 0.25) is 0 Å². The molecule has 0 saturated heterocycles. The van der Waals surface area contributed by atoms with Crippen molar-refractivity contribution in [1.29, 1.82) is 0 Å².